The molecule has 0 N–H and O–H groups in total. The summed E-state index contributed by atoms with van der Waals surface area (Å²) in [5.41, 5.74) is 1.17. The minimum atomic E-state index is -3.62. The molecule has 3 rings (SSSR count). The Labute approximate surface area is 261 Å². The van der Waals surface area contributed by atoms with Gasteiger partial charge in [0.2, 0.25) is 19.6 Å². The van der Waals surface area contributed by atoms with Gasteiger partial charge in [-0.3, -0.25) is 18.7 Å². The molecule has 1 aliphatic heterocycles. The average molecular weight is 586 g/mol. The van der Waals surface area contributed by atoms with E-state index in [0.29, 0.717) is 25.3 Å². The molecule has 2 aliphatic rings. The fourth-order valence-electron chi connectivity index (χ4n) is 5.79. The van der Waals surface area contributed by atoms with Crippen molar-refractivity contribution < 1.29 is 62.9 Å². The molecule has 1 amide bonds. The Kier molecular flexibility index (Phi) is 14.9. The number of likely N-dealkylation sites (tertiary alicyclic amines) is 1. The van der Waals surface area contributed by atoms with E-state index >= 15 is 0 Å². The van der Waals surface area contributed by atoms with E-state index in [1.165, 1.54) is 16.9 Å². The number of nitrogens with zero attached hydrogens (tertiary/aromatic N) is 1. The second-order valence-corrected chi connectivity index (χ2v) is 14.1. The molecule has 218 valence electrons. The van der Waals surface area contributed by atoms with Crippen molar-refractivity contribution in [2.45, 2.75) is 97.3 Å². The van der Waals surface area contributed by atoms with E-state index in [0.717, 1.165) is 38.5 Å². The summed E-state index contributed by atoms with van der Waals surface area (Å²) in [6.07, 6.45) is 6.88. The molecule has 10 heteroatoms. The molecule has 1 heterocycles. The molecule has 1 saturated carbocycles. The van der Waals surface area contributed by atoms with Crippen molar-refractivity contribution >= 4 is 25.2 Å². The number of carboxylic acids is 1. The van der Waals surface area contributed by atoms with Gasteiger partial charge in [0.1, 0.15) is 6.16 Å². The number of unbranched alkanes of at least 4 members (excludes halogenated alkanes) is 1. The number of ether oxygens (including phenoxy) is 1. The first-order chi connectivity index (χ1) is 18.6. The summed E-state index contributed by atoms with van der Waals surface area (Å²) in [6.45, 7) is 5.62. The molecule has 0 radical (unpaired) electrons. The summed E-state index contributed by atoms with van der Waals surface area (Å²) in [4.78, 5) is 39.0. The van der Waals surface area contributed by atoms with E-state index in [2.05, 4.69) is 0 Å². The van der Waals surface area contributed by atoms with Gasteiger partial charge in [0.05, 0.1) is 12.0 Å². The summed E-state index contributed by atoms with van der Waals surface area (Å²) in [5.74, 6) is -1.99. The third kappa shape index (κ3) is 10.6. The summed E-state index contributed by atoms with van der Waals surface area (Å²) >= 11 is 0. The monoisotopic (exact) mass is 585 g/mol. The minimum absolute atomic E-state index is 0. The zero-order valence-electron chi connectivity index (χ0n) is 24.7. The number of hydrogen-bond donors (Lipinski definition) is 0. The molecular formula is C30H45NNaO7P. The third-order valence-corrected chi connectivity index (χ3v) is 10.4. The minimum Gasteiger partial charge on any atom is -0.548 e. The molecule has 2 fully saturated rings. The number of amides is 1. The summed E-state index contributed by atoms with van der Waals surface area (Å²) in [6, 6.07) is 8.96. The number of carbonyl (C=O) groups is 3. The first kappa shape index (κ1) is 35.0. The fraction of sp³-hybridized carbons (Fsp3) is 0.700. The van der Waals surface area contributed by atoms with E-state index in [1.54, 1.807) is 20.8 Å². The standard InChI is InChI=1S/C30H46NO7P.Na/c1-4-28(33)37-30(22(2)3)38-39(36,18-12-11-15-23-13-7-5-8-14-23)21-27(32)31-20-25(19-26(31)29(34)35)24-16-9-6-10-17-24;/h5,7-8,13-14,22,24-26,30H,4,6,9-12,15-21H2,1-3H3,(H,34,35);/q;+1/p-1/t25-,26+,30+,39?;/m1./s1. The molecule has 1 saturated heterocycles. The predicted octanol–water partition coefficient (Wildman–Crippen LogP) is 1.79. The predicted molar refractivity (Wildman–Crippen MR) is 148 cm³/mol. The van der Waals surface area contributed by atoms with Crippen LogP contribution in [-0.2, 0) is 34.6 Å². The topological polar surface area (TPSA) is 113 Å². The number of benzene rings is 1. The molecule has 0 aromatic heterocycles. The van der Waals surface area contributed by atoms with Gasteiger partial charge in [0, 0.05) is 25.0 Å². The van der Waals surface area contributed by atoms with Crippen LogP contribution in [0.25, 0.3) is 0 Å². The second-order valence-electron chi connectivity index (χ2n) is 11.5. The van der Waals surface area contributed by atoms with Gasteiger partial charge in [-0.25, -0.2) is 0 Å². The van der Waals surface area contributed by atoms with Gasteiger partial charge in [-0.2, -0.15) is 0 Å². The summed E-state index contributed by atoms with van der Waals surface area (Å²) in [5, 5.41) is 12.0. The van der Waals surface area contributed by atoms with E-state index < -0.39 is 43.7 Å². The van der Waals surface area contributed by atoms with Crippen molar-refractivity contribution in [2.75, 3.05) is 18.9 Å². The summed E-state index contributed by atoms with van der Waals surface area (Å²) < 4.78 is 25.6. The molecule has 8 nitrogen and oxygen atoms in total. The number of hydrogen-bond acceptors (Lipinski definition) is 7. The second kappa shape index (κ2) is 17.1. The SMILES string of the molecule is CCC(=O)O[C@@H](OP(=O)(CCCCc1ccccc1)CC(=O)N1C[C@H](C2CCCCC2)C[C@H]1C(=O)[O-])C(C)C.[Na+]. The maximum absolute atomic E-state index is 14.2. The number of carboxylic acid groups (broad SMARTS) is 1. The van der Waals surface area contributed by atoms with Crippen LogP contribution in [0.5, 0.6) is 0 Å². The Bertz CT molecular complexity index is 999. The van der Waals surface area contributed by atoms with Crippen molar-refractivity contribution in [3.63, 3.8) is 0 Å². The first-order valence-electron chi connectivity index (χ1n) is 14.6. The smallest absolute Gasteiger partial charge is 0.548 e. The van der Waals surface area contributed by atoms with Gasteiger partial charge < -0.3 is 19.5 Å². The van der Waals surface area contributed by atoms with Crippen LogP contribution in [-0.4, -0.2) is 53.9 Å². The fourth-order valence-corrected chi connectivity index (χ4v) is 8.09. The van der Waals surface area contributed by atoms with Gasteiger partial charge in [-0.1, -0.05) is 83.2 Å². The molecule has 40 heavy (non-hydrogen) atoms. The zero-order valence-corrected chi connectivity index (χ0v) is 27.6. The van der Waals surface area contributed by atoms with Crippen LogP contribution < -0.4 is 34.7 Å². The van der Waals surface area contributed by atoms with Crippen LogP contribution in [0.2, 0.25) is 0 Å². The quantitative estimate of drug-likeness (QED) is 0.108. The van der Waals surface area contributed by atoms with Crippen LogP contribution in [0.4, 0.5) is 0 Å². The molecule has 1 aliphatic carbocycles. The zero-order chi connectivity index (χ0) is 28.4. The molecule has 4 atom stereocenters. The van der Waals surface area contributed by atoms with Crippen LogP contribution >= 0.6 is 7.37 Å². The van der Waals surface area contributed by atoms with Crippen LogP contribution in [0, 0.1) is 17.8 Å². The third-order valence-electron chi connectivity index (χ3n) is 8.05. The van der Waals surface area contributed by atoms with Gasteiger partial charge >= 0.3 is 35.5 Å². The van der Waals surface area contributed by atoms with E-state index in [4.69, 9.17) is 9.26 Å². The van der Waals surface area contributed by atoms with Crippen LogP contribution in [0.1, 0.15) is 84.1 Å². The maximum atomic E-state index is 14.2. The van der Waals surface area contributed by atoms with E-state index in [9.17, 15) is 24.1 Å². The first-order valence-corrected chi connectivity index (χ1v) is 16.6. The molecule has 0 spiro atoms. The van der Waals surface area contributed by atoms with Crippen molar-refractivity contribution in [1.82, 2.24) is 4.90 Å². The van der Waals surface area contributed by atoms with Gasteiger partial charge in [0.25, 0.3) is 0 Å². The van der Waals surface area contributed by atoms with Crippen LogP contribution in [0.3, 0.4) is 0 Å². The largest absolute Gasteiger partial charge is 1.00 e. The molecular weight excluding hydrogens is 540 g/mol. The number of carbonyl (C=O) groups excluding carboxylic acids is 3. The van der Waals surface area contributed by atoms with Gasteiger partial charge in [-0.15, -0.1) is 0 Å². The Hall–Kier alpha value is -1.18. The number of aryl methyl sites for hydroxylation is 1. The Morgan fingerprint density at radius 1 is 1.05 bits per heavy atom. The Morgan fingerprint density at radius 2 is 1.73 bits per heavy atom. The number of aliphatic carboxylic acids is 1. The molecule has 1 unspecified atom stereocenters. The molecule has 1 aromatic rings. The number of esters is 1. The van der Waals surface area contributed by atoms with Gasteiger partial charge in [0.15, 0.2) is 0 Å². The molecule has 1 aromatic carbocycles. The normalized spacial score (nSPS) is 21.9. The Morgan fingerprint density at radius 3 is 2.33 bits per heavy atom. The van der Waals surface area contributed by atoms with Crippen molar-refractivity contribution in [2.24, 2.45) is 17.8 Å². The molecule has 0 bridgehead atoms. The van der Waals surface area contributed by atoms with Crippen molar-refractivity contribution in [1.29, 1.82) is 0 Å². The van der Waals surface area contributed by atoms with Crippen molar-refractivity contribution in [3.8, 4) is 0 Å². The Balaban J connectivity index is 0.00000560. The van der Waals surface area contributed by atoms with Gasteiger partial charge in [-0.05, 0) is 43.1 Å². The van der Waals surface area contributed by atoms with E-state index in [-0.39, 0.29) is 54.0 Å². The number of rotatable bonds is 14. The van der Waals surface area contributed by atoms with E-state index in [1.807, 2.05) is 30.3 Å². The summed E-state index contributed by atoms with van der Waals surface area (Å²) in [7, 11) is -3.62. The van der Waals surface area contributed by atoms with Crippen molar-refractivity contribution in [3.05, 3.63) is 35.9 Å². The van der Waals surface area contributed by atoms with Crippen LogP contribution in [0.15, 0.2) is 30.3 Å². The average Bonchev–Trinajstić information content (AvgIpc) is 3.38. The maximum Gasteiger partial charge on any atom is 1.00 e.